The fraction of sp³-hybridized carbons (Fsp3) is 0.750. The minimum Gasteiger partial charge on any atom is -0.353 e. The molecule has 1 aromatic rings. The van der Waals surface area contributed by atoms with Gasteiger partial charge in [0, 0.05) is 23.7 Å². The molecule has 9 heteroatoms. The standard InChI is InChI=1S/C20H31ClN4O3S/c1-12(2)10-29(27,28)11-16-6-7-22-20(24-16)23-13(3)17-9-14-8-15(21)4-5-18(14)25-19(17)26/h6-7,12-15,17-18H,4-5,8-11H2,1-3H3,(H,25,26)(H,22,23,24)/t13-,14?,15?,17?,18?/m0/s1. The molecule has 1 aliphatic carbocycles. The highest BCUT2D eigenvalue weighted by Gasteiger charge is 2.41. The molecule has 2 fully saturated rings. The molecule has 0 spiro atoms. The molecule has 2 N–H and O–H groups in total. The third kappa shape index (κ3) is 6.04. The van der Waals surface area contributed by atoms with Crippen LogP contribution in [0.3, 0.4) is 0 Å². The zero-order valence-corrected chi connectivity index (χ0v) is 18.8. The lowest BCUT2D eigenvalue weighted by atomic mass is 9.74. The van der Waals surface area contributed by atoms with Gasteiger partial charge in [0.05, 0.1) is 23.1 Å². The largest absolute Gasteiger partial charge is 0.353 e. The van der Waals surface area contributed by atoms with Gasteiger partial charge in [-0.1, -0.05) is 13.8 Å². The lowest BCUT2D eigenvalue weighted by Crippen LogP contribution is -2.55. The van der Waals surface area contributed by atoms with Crippen LogP contribution in [-0.2, 0) is 20.4 Å². The van der Waals surface area contributed by atoms with Crippen molar-refractivity contribution < 1.29 is 13.2 Å². The molecule has 7 nitrogen and oxygen atoms in total. The average Bonchev–Trinajstić information content (AvgIpc) is 2.60. The van der Waals surface area contributed by atoms with Crippen LogP contribution >= 0.6 is 11.6 Å². The number of halogens is 1. The van der Waals surface area contributed by atoms with Crippen molar-refractivity contribution in [3.63, 3.8) is 0 Å². The lowest BCUT2D eigenvalue weighted by Gasteiger charge is -2.42. The maximum absolute atomic E-state index is 12.6. The molecule has 1 aromatic heterocycles. The number of hydrogen-bond acceptors (Lipinski definition) is 6. The van der Waals surface area contributed by atoms with Gasteiger partial charge < -0.3 is 10.6 Å². The summed E-state index contributed by atoms with van der Waals surface area (Å²) in [7, 11) is -3.22. The number of anilines is 1. The molecule has 1 saturated heterocycles. The fourth-order valence-corrected chi connectivity index (χ4v) is 6.55. The van der Waals surface area contributed by atoms with Gasteiger partial charge in [-0.2, -0.15) is 0 Å². The Hall–Kier alpha value is -1.41. The smallest absolute Gasteiger partial charge is 0.225 e. The first kappa shape index (κ1) is 22.3. The maximum atomic E-state index is 12.6. The van der Waals surface area contributed by atoms with E-state index in [1.165, 1.54) is 0 Å². The molecular formula is C20H31ClN4O3S. The predicted molar refractivity (Wildman–Crippen MR) is 114 cm³/mol. The van der Waals surface area contributed by atoms with Crippen LogP contribution in [0.2, 0.25) is 0 Å². The highest BCUT2D eigenvalue weighted by atomic mass is 35.5. The molecular weight excluding hydrogens is 412 g/mol. The first-order valence-electron chi connectivity index (χ1n) is 10.4. The Balaban J connectivity index is 1.64. The van der Waals surface area contributed by atoms with E-state index >= 15 is 0 Å². The van der Waals surface area contributed by atoms with Crippen LogP contribution in [0.5, 0.6) is 0 Å². The van der Waals surface area contributed by atoms with E-state index in [1.54, 1.807) is 12.3 Å². The molecule has 1 saturated carbocycles. The van der Waals surface area contributed by atoms with Gasteiger partial charge in [-0.3, -0.25) is 4.79 Å². The Kier molecular flexibility index (Phi) is 7.04. The second-order valence-electron chi connectivity index (χ2n) is 8.88. The van der Waals surface area contributed by atoms with Gasteiger partial charge in [0.2, 0.25) is 11.9 Å². The Morgan fingerprint density at radius 1 is 1.28 bits per heavy atom. The van der Waals surface area contributed by atoms with Gasteiger partial charge in [-0.25, -0.2) is 18.4 Å². The van der Waals surface area contributed by atoms with E-state index in [2.05, 4.69) is 20.6 Å². The topological polar surface area (TPSA) is 101 Å². The summed E-state index contributed by atoms with van der Waals surface area (Å²) < 4.78 is 24.5. The zero-order valence-electron chi connectivity index (χ0n) is 17.3. The van der Waals surface area contributed by atoms with Crippen LogP contribution in [0.15, 0.2) is 12.3 Å². The van der Waals surface area contributed by atoms with E-state index in [0.29, 0.717) is 17.6 Å². The van der Waals surface area contributed by atoms with Gasteiger partial charge >= 0.3 is 0 Å². The van der Waals surface area contributed by atoms with Crippen LogP contribution in [0.1, 0.15) is 52.1 Å². The molecule has 1 aliphatic heterocycles. The van der Waals surface area contributed by atoms with Crippen molar-refractivity contribution in [2.75, 3.05) is 11.1 Å². The predicted octanol–water partition coefficient (Wildman–Crippen LogP) is 2.76. The summed E-state index contributed by atoms with van der Waals surface area (Å²) in [6.07, 6.45) is 5.15. The Morgan fingerprint density at radius 2 is 2.03 bits per heavy atom. The van der Waals surface area contributed by atoms with Gasteiger partial charge in [0.25, 0.3) is 0 Å². The van der Waals surface area contributed by atoms with E-state index in [1.807, 2.05) is 20.8 Å². The fourth-order valence-electron chi connectivity index (χ4n) is 4.45. The minimum atomic E-state index is -3.22. The summed E-state index contributed by atoms with van der Waals surface area (Å²) in [4.78, 5) is 21.2. The van der Waals surface area contributed by atoms with Crippen molar-refractivity contribution in [1.29, 1.82) is 0 Å². The quantitative estimate of drug-likeness (QED) is 0.629. The number of carbonyl (C=O) groups is 1. The Bertz CT molecular complexity index is 833. The van der Waals surface area contributed by atoms with Crippen molar-refractivity contribution in [2.24, 2.45) is 17.8 Å². The van der Waals surface area contributed by atoms with Crippen LogP contribution in [0, 0.1) is 17.8 Å². The van der Waals surface area contributed by atoms with Gasteiger partial charge in [0.1, 0.15) is 0 Å². The van der Waals surface area contributed by atoms with Crippen LogP contribution in [-0.4, -0.2) is 47.5 Å². The molecule has 1 amide bonds. The second kappa shape index (κ2) is 9.16. The number of carbonyl (C=O) groups excluding carboxylic acids is 1. The molecule has 162 valence electrons. The summed E-state index contributed by atoms with van der Waals surface area (Å²) in [6.45, 7) is 5.70. The SMILES string of the molecule is CC(C)CS(=O)(=O)Cc1ccnc(N[C@@H](C)C2CC3CC(Cl)CCC3NC2=O)n1. The van der Waals surface area contributed by atoms with Crippen LogP contribution < -0.4 is 10.6 Å². The van der Waals surface area contributed by atoms with E-state index in [-0.39, 0.29) is 46.7 Å². The number of amides is 1. The Morgan fingerprint density at radius 3 is 2.76 bits per heavy atom. The summed E-state index contributed by atoms with van der Waals surface area (Å²) >= 11 is 6.33. The summed E-state index contributed by atoms with van der Waals surface area (Å²) in [5.41, 5.74) is 0.459. The number of piperidine rings is 1. The molecule has 0 radical (unpaired) electrons. The Labute approximate surface area is 178 Å². The van der Waals surface area contributed by atoms with Gasteiger partial charge in [-0.15, -0.1) is 11.6 Å². The number of rotatable bonds is 7. The van der Waals surface area contributed by atoms with E-state index < -0.39 is 9.84 Å². The average molecular weight is 443 g/mol. The van der Waals surface area contributed by atoms with Crippen LogP contribution in [0.4, 0.5) is 5.95 Å². The van der Waals surface area contributed by atoms with Crippen molar-refractivity contribution in [3.05, 3.63) is 18.0 Å². The maximum Gasteiger partial charge on any atom is 0.225 e. The number of alkyl halides is 1. The summed E-state index contributed by atoms with van der Waals surface area (Å²) in [5, 5.41) is 6.55. The number of sulfone groups is 1. The molecule has 2 aliphatic rings. The van der Waals surface area contributed by atoms with Gasteiger partial charge in [-0.05, 0) is 50.5 Å². The van der Waals surface area contributed by atoms with E-state index in [0.717, 1.165) is 25.7 Å². The third-order valence-corrected chi connectivity index (χ3v) is 8.07. The number of nitrogens with zero attached hydrogens (tertiary/aromatic N) is 2. The van der Waals surface area contributed by atoms with Crippen molar-refractivity contribution in [3.8, 4) is 0 Å². The van der Waals surface area contributed by atoms with Crippen LogP contribution in [0.25, 0.3) is 0 Å². The number of aromatic nitrogens is 2. The molecule has 29 heavy (non-hydrogen) atoms. The van der Waals surface area contributed by atoms with Crippen molar-refractivity contribution in [1.82, 2.24) is 15.3 Å². The lowest BCUT2D eigenvalue weighted by molar-refractivity contribution is -0.130. The van der Waals surface area contributed by atoms with E-state index in [9.17, 15) is 13.2 Å². The second-order valence-corrected chi connectivity index (χ2v) is 11.6. The highest BCUT2D eigenvalue weighted by molar-refractivity contribution is 7.90. The van der Waals surface area contributed by atoms with Crippen molar-refractivity contribution in [2.45, 2.75) is 69.7 Å². The number of fused-ring (bicyclic) bond motifs is 1. The normalized spacial score (nSPS) is 28.5. The first-order chi connectivity index (χ1) is 13.6. The molecule has 0 bridgehead atoms. The molecule has 5 atom stereocenters. The molecule has 2 heterocycles. The number of hydrogen-bond donors (Lipinski definition) is 2. The van der Waals surface area contributed by atoms with Gasteiger partial charge in [0.15, 0.2) is 9.84 Å². The molecule has 3 rings (SSSR count). The number of nitrogens with one attached hydrogen (secondary N) is 2. The molecule has 4 unspecified atom stereocenters. The third-order valence-electron chi connectivity index (χ3n) is 5.77. The highest BCUT2D eigenvalue weighted by Crippen LogP contribution is 2.36. The van der Waals surface area contributed by atoms with Crippen molar-refractivity contribution >= 4 is 33.3 Å². The monoisotopic (exact) mass is 442 g/mol. The first-order valence-corrected chi connectivity index (χ1v) is 12.6. The van der Waals surface area contributed by atoms with E-state index in [4.69, 9.17) is 11.6 Å². The zero-order chi connectivity index (χ0) is 21.2. The minimum absolute atomic E-state index is 0.0509. The summed E-state index contributed by atoms with van der Waals surface area (Å²) in [5.74, 6) is 0.685. The summed E-state index contributed by atoms with van der Waals surface area (Å²) in [6, 6.07) is 1.68. The molecule has 0 aromatic carbocycles.